The van der Waals surface area contributed by atoms with E-state index in [1.165, 1.54) is 0 Å². The average molecular weight is 195 g/mol. The number of carbonyl (C=O) groups is 1. The third kappa shape index (κ3) is 1.23. The van der Waals surface area contributed by atoms with Crippen LogP contribution in [0.2, 0.25) is 5.02 Å². The van der Waals surface area contributed by atoms with Gasteiger partial charge in [-0.1, -0.05) is 11.6 Å². The third-order valence-corrected chi connectivity index (χ3v) is 2.22. The Kier molecular flexibility index (Phi) is 1.85. The minimum Gasteiger partial charge on any atom is -0.460 e. The summed E-state index contributed by atoms with van der Waals surface area (Å²) in [6.07, 6.45) is 0.799. The summed E-state index contributed by atoms with van der Waals surface area (Å²) in [6, 6.07) is 5.16. The van der Waals surface area contributed by atoms with Crippen LogP contribution in [0.4, 0.5) is 0 Å². The van der Waals surface area contributed by atoms with E-state index < -0.39 is 0 Å². The normalized spacial score (nSPS) is 10.6. The van der Waals surface area contributed by atoms with E-state index in [4.69, 9.17) is 16.0 Å². The first-order valence-electron chi connectivity index (χ1n) is 3.86. The van der Waals surface area contributed by atoms with Crippen LogP contribution in [0.1, 0.15) is 16.1 Å². The number of halogens is 1. The average Bonchev–Trinajstić information content (AvgIpc) is 2.48. The molecule has 1 aromatic carbocycles. The molecule has 0 atom stereocenters. The zero-order chi connectivity index (χ0) is 9.42. The number of benzene rings is 1. The van der Waals surface area contributed by atoms with E-state index >= 15 is 0 Å². The number of rotatable bonds is 1. The molecule has 0 N–H and O–H groups in total. The van der Waals surface area contributed by atoms with Crippen molar-refractivity contribution < 1.29 is 9.21 Å². The van der Waals surface area contributed by atoms with Gasteiger partial charge in [0.1, 0.15) is 5.76 Å². The fourth-order valence-electron chi connectivity index (χ4n) is 1.34. The van der Waals surface area contributed by atoms with E-state index in [0.717, 1.165) is 17.4 Å². The summed E-state index contributed by atoms with van der Waals surface area (Å²) in [5.74, 6) is 0.756. The molecule has 3 heteroatoms. The maximum atomic E-state index is 10.7. The van der Waals surface area contributed by atoms with Crippen LogP contribution in [0.25, 0.3) is 11.0 Å². The zero-order valence-electron chi connectivity index (χ0n) is 7.00. The first kappa shape index (κ1) is 8.32. The molecule has 0 spiro atoms. The van der Waals surface area contributed by atoms with Crippen LogP contribution < -0.4 is 0 Å². The molecule has 0 aliphatic heterocycles. The summed E-state index contributed by atoms with van der Waals surface area (Å²) in [7, 11) is 0. The van der Waals surface area contributed by atoms with Gasteiger partial charge >= 0.3 is 0 Å². The number of hydrogen-bond acceptors (Lipinski definition) is 2. The molecule has 2 nitrogen and oxygen atoms in total. The molecule has 1 heterocycles. The topological polar surface area (TPSA) is 30.2 Å². The third-order valence-electron chi connectivity index (χ3n) is 1.92. The van der Waals surface area contributed by atoms with Gasteiger partial charge < -0.3 is 4.42 Å². The highest BCUT2D eigenvalue weighted by atomic mass is 35.5. The largest absolute Gasteiger partial charge is 0.460 e. The van der Waals surface area contributed by atoms with E-state index in [-0.39, 0.29) is 0 Å². The van der Waals surface area contributed by atoms with Gasteiger partial charge in [0.25, 0.3) is 0 Å². The summed E-state index contributed by atoms with van der Waals surface area (Å²) in [5, 5.41) is 1.31. The number of aldehydes is 1. The second-order valence-electron chi connectivity index (χ2n) is 2.85. The van der Waals surface area contributed by atoms with Gasteiger partial charge in [0.2, 0.25) is 0 Å². The number of aryl methyl sites for hydroxylation is 1. The van der Waals surface area contributed by atoms with Crippen molar-refractivity contribution in [2.45, 2.75) is 6.92 Å². The highest BCUT2D eigenvalue weighted by molar-refractivity contribution is 6.35. The van der Waals surface area contributed by atoms with Crippen LogP contribution in [0.5, 0.6) is 0 Å². The number of hydrogen-bond donors (Lipinski definition) is 0. The van der Waals surface area contributed by atoms with Crippen molar-refractivity contribution in [1.29, 1.82) is 0 Å². The SMILES string of the molecule is Cc1cc2c(C=O)ccc(Cl)c2o1. The minimum absolute atomic E-state index is 0.536. The molecule has 0 bridgehead atoms. The van der Waals surface area contributed by atoms with Crippen molar-refractivity contribution in [3.63, 3.8) is 0 Å². The van der Waals surface area contributed by atoms with Gasteiger partial charge in [-0.25, -0.2) is 0 Å². The highest BCUT2D eigenvalue weighted by Crippen LogP contribution is 2.28. The van der Waals surface area contributed by atoms with Gasteiger partial charge in [-0.15, -0.1) is 0 Å². The molecule has 66 valence electrons. The lowest BCUT2D eigenvalue weighted by molar-refractivity contribution is 0.112. The lowest BCUT2D eigenvalue weighted by Crippen LogP contribution is -1.79. The van der Waals surface area contributed by atoms with E-state index in [0.29, 0.717) is 16.2 Å². The van der Waals surface area contributed by atoms with Crippen molar-refractivity contribution >= 4 is 28.9 Å². The Labute approximate surface area is 80.1 Å². The van der Waals surface area contributed by atoms with Crippen LogP contribution in [-0.4, -0.2) is 6.29 Å². The summed E-state index contributed by atoms with van der Waals surface area (Å²) >= 11 is 5.89. The van der Waals surface area contributed by atoms with E-state index in [2.05, 4.69) is 0 Å². The Bertz CT molecular complexity index is 471. The Hall–Kier alpha value is -1.28. The Balaban J connectivity index is 2.91. The van der Waals surface area contributed by atoms with Crippen molar-refractivity contribution in [1.82, 2.24) is 0 Å². The number of carbonyl (C=O) groups excluding carboxylic acids is 1. The molecule has 2 rings (SSSR count). The smallest absolute Gasteiger partial charge is 0.153 e. The molecule has 0 fully saturated rings. The van der Waals surface area contributed by atoms with Crippen molar-refractivity contribution in [3.8, 4) is 0 Å². The minimum atomic E-state index is 0.536. The molecule has 0 saturated carbocycles. The quantitative estimate of drug-likeness (QED) is 0.653. The van der Waals surface area contributed by atoms with E-state index in [1.807, 2.05) is 13.0 Å². The number of furan rings is 1. The maximum Gasteiger partial charge on any atom is 0.153 e. The summed E-state index contributed by atoms with van der Waals surface area (Å²) in [5.41, 5.74) is 1.19. The molecular formula is C10H7ClO2. The summed E-state index contributed by atoms with van der Waals surface area (Å²) < 4.78 is 5.35. The second-order valence-corrected chi connectivity index (χ2v) is 3.26. The molecule has 0 aliphatic rings. The van der Waals surface area contributed by atoms with Crippen molar-refractivity contribution in [2.75, 3.05) is 0 Å². The first-order valence-corrected chi connectivity index (χ1v) is 4.24. The van der Waals surface area contributed by atoms with Gasteiger partial charge in [0.05, 0.1) is 5.02 Å². The maximum absolute atomic E-state index is 10.7. The van der Waals surface area contributed by atoms with E-state index in [9.17, 15) is 4.79 Å². The fourth-order valence-corrected chi connectivity index (χ4v) is 1.54. The van der Waals surface area contributed by atoms with Crippen LogP contribution in [0, 0.1) is 6.92 Å². The van der Waals surface area contributed by atoms with Gasteiger partial charge in [0.15, 0.2) is 11.9 Å². The first-order chi connectivity index (χ1) is 6.22. The molecule has 13 heavy (non-hydrogen) atoms. The van der Waals surface area contributed by atoms with Crippen LogP contribution >= 0.6 is 11.6 Å². The van der Waals surface area contributed by atoms with Gasteiger partial charge in [0, 0.05) is 10.9 Å². The lowest BCUT2D eigenvalue weighted by atomic mass is 10.1. The zero-order valence-corrected chi connectivity index (χ0v) is 7.76. The molecular weight excluding hydrogens is 188 g/mol. The molecule has 0 saturated heterocycles. The van der Waals surface area contributed by atoms with Crippen molar-refractivity contribution in [3.05, 3.63) is 34.5 Å². The number of fused-ring (bicyclic) bond motifs is 1. The predicted octanol–water partition coefficient (Wildman–Crippen LogP) is 3.21. The Morgan fingerprint density at radius 1 is 1.46 bits per heavy atom. The van der Waals surface area contributed by atoms with Crippen molar-refractivity contribution in [2.24, 2.45) is 0 Å². The summed E-state index contributed by atoms with van der Waals surface area (Å²) in [6.45, 7) is 1.82. The molecule has 0 radical (unpaired) electrons. The summed E-state index contributed by atoms with van der Waals surface area (Å²) in [4.78, 5) is 10.7. The molecule has 0 unspecified atom stereocenters. The predicted molar refractivity (Wildman–Crippen MR) is 51.3 cm³/mol. The van der Waals surface area contributed by atoms with Gasteiger partial charge in [-0.2, -0.15) is 0 Å². The monoisotopic (exact) mass is 194 g/mol. The lowest BCUT2D eigenvalue weighted by Gasteiger charge is -1.94. The standard InChI is InChI=1S/C10H7ClO2/c1-6-4-8-7(5-12)2-3-9(11)10(8)13-6/h2-5H,1H3. The second kappa shape index (κ2) is 2.89. The molecule has 0 aliphatic carbocycles. The molecule has 0 amide bonds. The van der Waals surface area contributed by atoms with E-state index in [1.54, 1.807) is 12.1 Å². The molecule has 1 aromatic heterocycles. The van der Waals surface area contributed by atoms with Crippen LogP contribution in [0.15, 0.2) is 22.6 Å². The highest BCUT2D eigenvalue weighted by Gasteiger charge is 2.08. The molecule has 2 aromatic rings. The Morgan fingerprint density at radius 3 is 2.92 bits per heavy atom. The van der Waals surface area contributed by atoms with Crippen LogP contribution in [-0.2, 0) is 0 Å². The van der Waals surface area contributed by atoms with Gasteiger partial charge in [-0.05, 0) is 25.1 Å². The van der Waals surface area contributed by atoms with Crippen LogP contribution in [0.3, 0.4) is 0 Å². The fraction of sp³-hybridized carbons (Fsp3) is 0.100. The Morgan fingerprint density at radius 2 is 2.23 bits per heavy atom. The van der Waals surface area contributed by atoms with Gasteiger partial charge in [-0.3, -0.25) is 4.79 Å².